The van der Waals surface area contributed by atoms with Gasteiger partial charge in [0.2, 0.25) is 0 Å². The predicted molar refractivity (Wildman–Crippen MR) is 83.7 cm³/mol. The van der Waals surface area contributed by atoms with Crippen molar-refractivity contribution < 1.29 is 9.59 Å². The number of amides is 2. The maximum absolute atomic E-state index is 11.9. The van der Waals surface area contributed by atoms with E-state index in [1.54, 1.807) is 0 Å². The molecule has 2 amide bonds. The number of hydrogen-bond acceptors (Lipinski definition) is 2. The van der Waals surface area contributed by atoms with Crippen LogP contribution in [0.4, 0.5) is 0 Å². The van der Waals surface area contributed by atoms with Crippen LogP contribution < -0.4 is 10.6 Å². The summed E-state index contributed by atoms with van der Waals surface area (Å²) in [6, 6.07) is 0.165. The van der Waals surface area contributed by atoms with Gasteiger partial charge >= 0.3 is 11.8 Å². The van der Waals surface area contributed by atoms with Crippen LogP contribution >= 0.6 is 0 Å². The first-order valence-corrected chi connectivity index (χ1v) is 8.43. The van der Waals surface area contributed by atoms with E-state index in [9.17, 15) is 9.59 Å². The van der Waals surface area contributed by atoms with Crippen molar-refractivity contribution in [2.24, 2.45) is 5.92 Å². The van der Waals surface area contributed by atoms with Crippen LogP contribution in [-0.4, -0.2) is 24.4 Å². The molecular weight excluding hydrogens is 264 g/mol. The summed E-state index contributed by atoms with van der Waals surface area (Å²) in [4.78, 5) is 23.7. The van der Waals surface area contributed by atoms with Gasteiger partial charge in [-0.15, -0.1) is 0 Å². The monoisotopic (exact) mass is 292 g/mol. The molecule has 0 aromatic carbocycles. The summed E-state index contributed by atoms with van der Waals surface area (Å²) in [7, 11) is 0. The molecule has 1 fully saturated rings. The number of nitrogens with one attached hydrogen (secondary N) is 2. The molecule has 2 aliphatic carbocycles. The molecular formula is C17H28N2O2. The molecule has 0 aromatic heterocycles. The van der Waals surface area contributed by atoms with Gasteiger partial charge in [0.25, 0.3) is 0 Å². The van der Waals surface area contributed by atoms with Gasteiger partial charge in [-0.25, -0.2) is 0 Å². The second-order valence-electron chi connectivity index (χ2n) is 6.46. The molecule has 1 saturated carbocycles. The van der Waals surface area contributed by atoms with Crippen LogP contribution in [0.2, 0.25) is 0 Å². The van der Waals surface area contributed by atoms with Crippen molar-refractivity contribution in [3.05, 3.63) is 11.6 Å². The Bertz CT molecular complexity index is 404. The van der Waals surface area contributed by atoms with Gasteiger partial charge in [-0.05, 0) is 50.9 Å². The Labute approximate surface area is 127 Å². The third kappa shape index (κ3) is 5.18. The Kier molecular flexibility index (Phi) is 6.27. The van der Waals surface area contributed by atoms with E-state index in [-0.39, 0.29) is 6.04 Å². The second kappa shape index (κ2) is 8.20. The largest absolute Gasteiger partial charge is 0.348 e. The first kappa shape index (κ1) is 16.1. The molecule has 118 valence electrons. The Morgan fingerprint density at radius 3 is 2.67 bits per heavy atom. The molecule has 0 aliphatic heterocycles. The number of allylic oxidation sites excluding steroid dienone is 1. The summed E-state index contributed by atoms with van der Waals surface area (Å²) in [5, 5.41) is 5.63. The van der Waals surface area contributed by atoms with Gasteiger partial charge in [0.05, 0.1) is 0 Å². The number of carbonyl (C=O) groups excluding carboxylic acids is 2. The normalized spacial score (nSPS) is 25.9. The van der Waals surface area contributed by atoms with Gasteiger partial charge in [0.15, 0.2) is 0 Å². The highest BCUT2D eigenvalue weighted by atomic mass is 16.2. The third-order valence-electron chi connectivity index (χ3n) is 4.75. The van der Waals surface area contributed by atoms with Crippen LogP contribution in [0, 0.1) is 5.92 Å². The van der Waals surface area contributed by atoms with Crippen LogP contribution in [0.25, 0.3) is 0 Å². The van der Waals surface area contributed by atoms with E-state index in [0.29, 0.717) is 12.5 Å². The molecule has 4 nitrogen and oxygen atoms in total. The highest BCUT2D eigenvalue weighted by molar-refractivity contribution is 6.35. The standard InChI is InChI=1S/C17H28N2O2/c1-13-7-5-6-10-15(13)19-17(21)16(20)18-12-11-14-8-3-2-4-9-14/h8,13,15H,2-7,9-12H2,1H3,(H,18,20)(H,19,21)/t13-,15-/m1/s1. The SMILES string of the molecule is C[C@@H]1CCCC[C@H]1NC(=O)C(=O)NCCC1=CCCCC1. The Morgan fingerprint density at radius 2 is 1.95 bits per heavy atom. The average molecular weight is 292 g/mol. The van der Waals surface area contributed by atoms with E-state index in [1.165, 1.54) is 24.8 Å². The molecule has 4 heteroatoms. The first-order valence-electron chi connectivity index (χ1n) is 8.43. The minimum Gasteiger partial charge on any atom is -0.348 e. The molecule has 21 heavy (non-hydrogen) atoms. The predicted octanol–water partition coefficient (Wildman–Crippen LogP) is 2.69. The Hall–Kier alpha value is -1.32. The molecule has 0 saturated heterocycles. The fourth-order valence-electron chi connectivity index (χ4n) is 3.31. The summed E-state index contributed by atoms with van der Waals surface area (Å²) < 4.78 is 0. The van der Waals surface area contributed by atoms with Crippen LogP contribution in [0.3, 0.4) is 0 Å². The molecule has 0 radical (unpaired) electrons. The van der Waals surface area contributed by atoms with Gasteiger partial charge in [-0.2, -0.15) is 0 Å². The smallest absolute Gasteiger partial charge is 0.309 e. The summed E-state index contributed by atoms with van der Waals surface area (Å²) in [6.45, 7) is 2.72. The lowest BCUT2D eigenvalue weighted by atomic mass is 9.86. The number of carbonyl (C=O) groups is 2. The van der Waals surface area contributed by atoms with Crippen LogP contribution in [0.1, 0.15) is 64.7 Å². The van der Waals surface area contributed by atoms with Crippen molar-refractivity contribution in [1.82, 2.24) is 10.6 Å². The molecule has 0 unspecified atom stereocenters. The number of hydrogen-bond donors (Lipinski definition) is 2. The van der Waals surface area contributed by atoms with Gasteiger partial charge in [-0.1, -0.05) is 31.4 Å². The van der Waals surface area contributed by atoms with Crippen molar-refractivity contribution in [3.8, 4) is 0 Å². The highest BCUT2D eigenvalue weighted by Crippen LogP contribution is 2.23. The van der Waals surface area contributed by atoms with Crippen molar-refractivity contribution in [2.75, 3.05) is 6.54 Å². The highest BCUT2D eigenvalue weighted by Gasteiger charge is 2.25. The Morgan fingerprint density at radius 1 is 1.14 bits per heavy atom. The van der Waals surface area contributed by atoms with Gasteiger partial charge in [-0.3, -0.25) is 9.59 Å². The van der Waals surface area contributed by atoms with E-state index in [1.807, 2.05) is 0 Å². The zero-order valence-corrected chi connectivity index (χ0v) is 13.1. The van der Waals surface area contributed by atoms with Crippen LogP contribution in [-0.2, 0) is 9.59 Å². The molecule has 0 heterocycles. The quantitative estimate of drug-likeness (QED) is 0.618. The molecule has 2 rings (SSSR count). The summed E-state index contributed by atoms with van der Waals surface area (Å²) in [6.07, 6.45) is 12.5. The average Bonchev–Trinajstić information content (AvgIpc) is 2.50. The fraction of sp³-hybridized carbons (Fsp3) is 0.765. The molecule has 2 aliphatic rings. The maximum atomic E-state index is 11.9. The van der Waals surface area contributed by atoms with Gasteiger partial charge < -0.3 is 10.6 Å². The van der Waals surface area contributed by atoms with E-state index >= 15 is 0 Å². The van der Waals surface area contributed by atoms with Crippen molar-refractivity contribution in [3.63, 3.8) is 0 Å². The molecule has 2 N–H and O–H groups in total. The van der Waals surface area contributed by atoms with E-state index in [0.717, 1.165) is 38.5 Å². The molecule has 0 spiro atoms. The van der Waals surface area contributed by atoms with Crippen molar-refractivity contribution >= 4 is 11.8 Å². The summed E-state index contributed by atoms with van der Waals surface area (Å²) >= 11 is 0. The number of rotatable bonds is 4. The van der Waals surface area contributed by atoms with Crippen LogP contribution in [0.15, 0.2) is 11.6 Å². The molecule has 0 aromatic rings. The third-order valence-corrected chi connectivity index (χ3v) is 4.75. The molecule has 0 bridgehead atoms. The van der Waals surface area contributed by atoms with E-state index < -0.39 is 11.8 Å². The van der Waals surface area contributed by atoms with Gasteiger partial charge in [0.1, 0.15) is 0 Å². The summed E-state index contributed by atoms with van der Waals surface area (Å²) in [5.41, 5.74) is 1.42. The van der Waals surface area contributed by atoms with E-state index in [2.05, 4.69) is 23.6 Å². The summed E-state index contributed by atoms with van der Waals surface area (Å²) in [5.74, 6) is -0.474. The fourth-order valence-corrected chi connectivity index (χ4v) is 3.31. The lowest BCUT2D eigenvalue weighted by Gasteiger charge is -2.29. The topological polar surface area (TPSA) is 58.2 Å². The second-order valence-corrected chi connectivity index (χ2v) is 6.46. The maximum Gasteiger partial charge on any atom is 0.309 e. The van der Waals surface area contributed by atoms with E-state index in [4.69, 9.17) is 0 Å². The lowest BCUT2D eigenvalue weighted by molar-refractivity contribution is -0.139. The first-order chi connectivity index (χ1) is 10.2. The lowest BCUT2D eigenvalue weighted by Crippen LogP contribution is -2.47. The van der Waals surface area contributed by atoms with Crippen LogP contribution in [0.5, 0.6) is 0 Å². The minimum atomic E-state index is -0.482. The van der Waals surface area contributed by atoms with Crippen molar-refractivity contribution in [1.29, 1.82) is 0 Å². The van der Waals surface area contributed by atoms with Crippen molar-refractivity contribution in [2.45, 2.75) is 70.8 Å². The zero-order chi connectivity index (χ0) is 15.1. The zero-order valence-electron chi connectivity index (χ0n) is 13.1. The minimum absolute atomic E-state index is 0.165. The molecule has 2 atom stereocenters. The Balaban J connectivity index is 1.67. The van der Waals surface area contributed by atoms with Gasteiger partial charge in [0, 0.05) is 12.6 Å².